The molecule has 3 rings (SSSR count). The Labute approximate surface area is 136 Å². The van der Waals surface area contributed by atoms with Crippen LogP contribution in [-0.4, -0.2) is 65.7 Å². The molecule has 1 aromatic heterocycles. The number of carbonyl (C=O) groups is 1. The van der Waals surface area contributed by atoms with Crippen molar-refractivity contribution in [3.63, 3.8) is 0 Å². The van der Waals surface area contributed by atoms with Crippen LogP contribution in [0.2, 0.25) is 0 Å². The van der Waals surface area contributed by atoms with E-state index in [0.717, 1.165) is 15.2 Å². The maximum atomic E-state index is 13.1. The van der Waals surface area contributed by atoms with Crippen molar-refractivity contribution >= 4 is 16.1 Å². The fourth-order valence-corrected chi connectivity index (χ4v) is 4.80. The minimum atomic E-state index is -4.87. The molecule has 0 radical (unpaired) electrons. The van der Waals surface area contributed by atoms with Gasteiger partial charge in [0, 0.05) is 33.4 Å². The van der Waals surface area contributed by atoms with Gasteiger partial charge in [0.2, 0.25) is 10.0 Å². The number of sulfonamides is 1. The van der Waals surface area contributed by atoms with Crippen molar-refractivity contribution in [3.05, 3.63) is 11.9 Å². The molecule has 0 aromatic carbocycles. The standard InChI is InChI=1S/C12H16F3N5O3S/c1-18-6-9(10(17-18)12(13,14)15)24(22,23)20-4-3-8-7(5-20)16-11(21)19(8)2/h6-8H,3-5H2,1-2H3,(H,16,21)/t7-,8+/m1/s1. The van der Waals surface area contributed by atoms with Crippen LogP contribution in [0.3, 0.4) is 0 Å². The zero-order valence-electron chi connectivity index (χ0n) is 12.9. The van der Waals surface area contributed by atoms with Crippen molar-refractivity contribution in [3.8, 4) is 0 Å². The van der Waals surface area contributed by atoms with E-state index in [2.05, 4.69) is 10.4 Å². The van der Waals surface area contributed by atoms with Gasteiger partial charge in [-0.2, -0.15) is 22.6 Å². The summed E-state index contributed by atoms with van der Waals surface area (Å²) >= 11 is 0. The van der Waals surface area contributed by atoms with E-state index in [1.807, 2.05) is 0 Å². The lowest BCUT2D eigenvalue weighted by Crippen LogP contribution is -2.52. The molecule has 2 fully saturated rings. The third-order valence-corrected chi connectivity index (χ3v) is 6.21. The van der Waals surface area contributed by atoms with Gasteiger partial charge in [0.05, 0.1) is 12.1 Å². The van der Waals surface area contributed by atoms with E-state index < -0.39 is 32.8 Å². The van der Waals surface area contributed by atoms with Crippen molar-refractivity contribution in [2.45, 2.75) is 29.6 Å². The highest BCUT2D eigenvalue weighted by molar-refractivity contribution is 7.89. The highest BCUT2D eigenvalue weighted by Gasteiger charge is 2.47. The normalized spacial score (nSPS) is 25.7. The Morgan fingerprint density at radius 1 is 1.33 bits per heavy atom. The van der Waals surface area contributed by atoms with Crippen LogP contribution >= 0.6 is 0 Å². The second-order valence-electron chi connectivity index (χ2n) is 5.90. The lowest BCUT2D eigenvalue weighted by Gasteiger charge is -2.34. The van der Waals surface area contributed by atoms with Crippen LogP contribution in [0.15, 0.2) is 11.1 Å². The molecule has 3 heterocycles. The molecule has 12 heteroatoms. The van der Waals surface area contributed by atoms with Crippen LogP contribution in [0, 0.1) is 0 Å². The third kappa shape index (κ3) is 2.62. The minimum absolute atomic E-state index is 0.0367. The molecule has 8 nitrogen and oxygen atoms in total. The van der Waals surface area contributed by atoms with Crippen LogP contribution in [-0.2, 0) is 23.2 Å². The SMILES string of the molecule is CN1C(=O)N[C@@H]2CN(S(=O)(=O)c3cn(C)nc3C(F)(F)F)CC[C@@H]21. The molecule has 0 aliphatic carbocycles. The molecule has 2 aliphatic rings. The zero-order valence-corrected chi connectivity index (χ0v) is 13.7. The maximum Gasteiger partial charge on any atom is 0.436 e. The van der Waals surface area contributed by atoms with Gasteiger partial charge >= 0.3 is 12.2 Å². The topological polar surface area (TPSA) is 87.5 Å². The molecule has 0 unspecified atom stereocenters. The number of amides is 2. The number of aromatic nitrogens is 2. The average molecular weight is 367 g/mol. The summed E-state index contributed by atoms with van der Waals surface area (Å²) in [6.07, 6.45) is -3.67. The lowest BCUT2D eigenvalue weighted by atomic mass is 10.0. The molecule has 1 N–H and O–H groups in total. The Morgan fingerprint density at radius 3 is 2.62 bits per heavy atom. The molecule has 0 spiro atoms. The van der Waals surface area contributed by atoms with Crippen LogP contribution in [0.25, 0.3) is 0 Å². The van der Waals surface area contributed by atoms with Gasteiger partial charge in [-0.15, -0.1) is 0 Å². The highest BCUT2D eigenvalue weighted by atomic mass is 32.2. The summed E-state index contributed by atoms with van der Waals surface area (Å²) in [5.41, 5.74) is -1.43. The molecule has 2 aliphatic heterocycles. The number of urea groups is 1. The Bertz CT molecular complexity index is 775. The van der Waals surface area contributed by atoms with E-state index in [1.165, 1.54) is 11.9 Å². The molecular formula is C12H16F3N5O3S. The van der Waals surface area contributed by atoms with E-state index in [9.17, 15) is 26.4 Å². The molecule has 134 valence electrons. The van der Waals surface area contributed by atoms with Crippen molar-refractivity contribution in [2.24, 2.45) is 7.05 Å². The van der Waals surface area contributed by atoms with Gasteiger partial charge in [0.25, 0.3) is 0 Å². The predicted octanol–water partition coefficient (Wildman–Crippen LogP) is 0.225. The minimum Gasteiger partial charge on any atom is -0.332 e. The van der Waals surface area contributed by atoms with E-state index >= 15 is 0 Å². The lowest BCUT2D eigenvalue weighted by molar-refractivity contribution is -0.143. The number of hydrogen-bond acceptors (Lipinski definition) is 4. The highest BCUT2D eigenvalue weighted by Crippen LogP contribution is 2.35. The second-order valence-corrected chi connectivity index (χ2v) is 7.81. The number of nitrogens with one attached hydrogen (secondary N) is 1. The quantitative estimate of drug-likeness (QED) is 0.810. The van der Waals surface area contributed by atoms with Crippen molar-refractivity contribution in [2.75, 3.05) is 20.1 Å². The molecule has 24 heavy (non-hydrogen) atoms. The maximum absolute atomic E-state index is 13.1. The number of halogens is 3. The van der Waals surface area contributed by atoms with E-state index in [0.29, 0.717) is 6.42 Å². The van der Waals surface area contributed by atoms with E-state index in [4.69, 9.17) is 0 Å². The Balaban J connectivity index is 1.92. The van der Waals surface area contributed by atoms with Crippen LogP contribution < -0.4 is 5.32 Å². The number of carbonyl (C=O) groups excluding carboxylic acids is 1. The molecule has 0 saturated carbocycles. The van der Waals surface area contributed by atoms with E-state index in [1.54, 1.807) is 7.05 Å². The summed E-state index contributed by atoms with van der Waals surface area (Å²) in [6, 6.07) is -0.932. The van der Waals surface area contributed by atoms with Gasteiger partial charge < -0.3 is 10.2 Å². The summed E-state index contributed by atoms with van der Waals surface area (Å²) in [4.78, 5) is 12.3. The Kier molecular flexibility index (Phi) is 3.79. The first-order valence-corrected chi connectivity index (χ1v) is 8.60. The number of likely N-dealkylation sites (N-methyl/N-ethyl adjacent to an activating group) is 1. The van der Waals surface area contributed by atoms with E-state index in [-0.39, 0.29) is 25.2 Å². The van der Waals surface area contributed by atoms with Gasteiger partial charge in [0.15, 0.2) is 5.69 Å². The summed E-state index contributed by atoms with van der Waals surface area (Å²) in [6.45, 7) is -0.0374. The number of fused-ring (bicyclic) bond motifs is 1. The summed E-state index contributed by atoms with van der Waals surface area (Å²) in [7, 11) is -1.54. The van der Waals surface area contributed by atoms with Gasteiger partial charge in [-0.3, -0.25) is 4.68 Å². The molecular weight excluding hydrogens is 351 g/mol. The van der Waals surface area contributed by atoms with Crippen LogP contribution in [0.5, 0.6) is 0 Å². The van der Waals surface area contributed by atoms with Crippen molar-refractivity contribution < 1.29 is 26.4 Å². The first-order chi connectivity index (χ1) is 11.0. The first kappa shape index (κ1) is 17.0. The molecule has 0 bridgehead atoms. The fraction of sp³-hybridized carbons (Fsp3) is 0.667. The number of aryl methyl sites for hydroxylation is 1. The molecule has 2 atom stereocenters. The number of nitrogens with zero attached hydrogens (tertiary/aromatic N) is 4. The van der Waals surface area contributed by atoms with Gasteiger partial charge in [-0.05, 0) is 6.42 Å². The first-order valence-electron chi connectivity index (χ1n) is 7.16. The number of piperidine rings is 1. The number of alkyl halides is 3. The summed E-state index contributed by atoms with van der Waals surface area (Å²) in [5, 5.41) is 5.89. The third-order valence-electron chi connectivity index (χ3n) is 4.35. The zero-order chi connectivity index (χ0) is 17.9. The van der Waals surface area contributed by atoms with Gasteiger partial charge in [0.1, 0.15) is 4.90 Å². The fourth-order valence-electron chi connectivity index (χ4n) is 3.14. The predicted molar refractivity (Wildman–Crippen MR) is 75.5 cm³/mol. The Morgan fingerprint density at radius 2 is 2.00 bits per heavy atom. The smallest absolute Gasteiger partial charge is 0.332 e. The summed E-state index contributed by atoms with van der Waals surface area (Å²) in [5.74, 6) is 0. The molecule has 2 saturated heterocycles. The van der Waals surface area contributed by atoms with Gasteiger partial charge in [-0.25, -0.2) is 13.2 Å². The summed E-state index contributed by atoms with van der Waals surface area (Å²) < 4.78 is 66.3. The van der Waals surface area contributed by atoms with Gasteiger partial charge in [-0.1, -0.05) is 0 Å². The molecule has 1 aromatic rings. The monoisotopic (exact) mass is 367 g/mol. The van der Waals surface area contributed by atoms with Crippen LogP contribution in [0.4, 0.5) is 18.0 Å². The largest absolute Gasteiger partial charge is 0.436 e. The van der Waals surface area contributed by atoms with Crippen molar-refractivity contribution in [1.82, 2.24) is 24.3 Å². The average Bonchev–Trinajstić information content (AvgIpc) is 3.00. The Hall–Kier alpha value is -1.82. The molecule has 2 amide bonds. The van der Waals surface area contributed by atoms with Crippen LogP contribution in [0.1, 0.15) is 12.1 Å². The number of hydrogen-bond donors (Lipinski definition) is 1. The second kappa shape index (κ2) is 5.34. The number of rotatable bonds is 2. The van der Waals surface area contributed by atoms with Crippen molar-refractivity contribution in [1.29, 1.82) is 0 Å².